The van der Waals surface area contributed by atoms with Gasteiger partial charge in [-0.25, -0.2) is 4.98 Å². The molecule has 2 heteroatoms. The molecule has 0 amide bonds. The van der Waals surface area contributed by atoms with Gasteiger partial charge in [-0.3, -0.25) is 4.57 Å². The Morgan fingerprint density at radius 2 is 2.00 bits per heavy atom. The highest BCUT2D eigenvalue weighted by Crippen LogP contribution is 2.20. The number of benzene rings is 2. The summed E-state index contributed by atoms with van der Waals surface area (Å²) in [6.45, 7) is 4.27. The normalized spacial score (nSPS) is 11.0. The molecule has 0 radical (unpaired) electrons. The molecule has 1 aromatic heterocycles. The Hall–Kier alpha value is -2.09. The lowest BCUT2D eigenvalue weighted by Gasteiger charge is -2.05. The van der Waals surface area contributed by atoms with E-state index in [1.54, 1.807) is 0 Å². The summed E-state index contributed by atoms with van der Waals surface area (Å²) >= 11 is 0. The first-order valence-electron chi connectivity index (χ1n) is 6.31. The number of fused-ring (bicyclic) bond motifs is 1. The average Bonchev–Trinajstić information content (AvgIpc) is 2.81. The Labute approximate surface area is 107 Å². The third-order valence-electron chi connectivity index (χ3n) is 3.30. The van der Waals surface area contributed by atoms with Gasteiger partial charge in [-0.05, 0) is 48.7 Å². The second kappa shape index (κ2) is 4.30. The fourth-order valence-electron chi connectivity index (χ4n) is 2.26. The van der Waals surface area contributed by atoms with Crippen LogP contribution in [0.2, 0.25) is 0 Å². The van der Waals surface area contributed by atoms with Crippen molar-refractivity contribution in [3.63, 3.8) is 0 Å². The van der Waals surface area contributed by atoms with Crippen LogP contribution >= 0.6 is 0 Å². The first-order chi connectivity index (χ1) is 8.78. The van der Waals surface area contributed by atoms with Crippen molar-refractivity contribution >= 4 is 11.0 Å². The highest BCUT2D eigenvalue weighted by atomic mass is 15.0. The minimum Gasteiger partial charge on any atom is -0.299 e. The van der Waals surface area contributed by atoms with Gasteiger partial charge in [0, 0.05) is 5.69 Å². The van der Waals surface area contributed by atoms with Crippen molar-refractivity contribution in [3.05, 3.63) is 59.9 Å². The van der Waals surface area contributed by atoms with Gasteiger partial charge in [-0.15, -0.1) is 0 Å². The van der Waals surface area contributed by atoms with Crippen LogP contribution in [0.25, 0.3) is 16.7 Å². The van der Waals surface area contributed by atoms with Gasteiger partial charge < -0.3 is 0 Å². The van der Waals surface area contributed by atoms with Crippen LogP contribution in [0.4, 0.5) is 0 Å². The Morgan fingerprint density at radius 1 is 1.11 bits per heavy atom. The average molecular weight is 236 g/mol. The first kappa shape index (κ1) is 11.0. The Kier molecular flexibility index (Phi) is 2.63. The lowest BCUT2D eigenvalue weighted by atomic mass is 10.1. The molecular weight excluding hydrogens is 220 g/mol. The molecule has 3 aromatic rings. The molecule has 2 aromatic carbocycles. The molecule has 0 atom stereocenters. The van der Waals surface area contributed by atoms with Gasteiger partial charge in [0.2, 0.25) is 0 Å². The lowest BCUT2D eigenvalue weighted by molar-refractivity contribution is 1.09. The molecule has 0 saturated heterocycles. The van der Waals surface area contributed by atoms with E-state index < -0.39 is 0 Å². The van der Waals surface area contributed by atoms with Crippen LogP contribution in [0.1, 0.15) is 18.1 Å². The molecule has 90 valence electrons. The Balaban J connectivity index is 2.18. The zero-order chi connectivity index (χ0) is 12.5. The van der Waals surface area contributed by atoms with Crippen molar-refractivity contribution in [3.8, 4) is 5.69 Å². The van der Waals surface area contributed by atoms with Crippen LogP contribution < -0.4 is 0 Å². The highest BCUT2D eigenvalue weighted by Gasteiger charge is 2.05. The number of aromatic nitrogens is 2. The summed E-state index contributed by atoms with van der Waals surface area (Å²) in [6.07, 6.45) is 2.95. The van der Waals surface area contributed by atoms with Crippen LogP contribution in [-0.4, -0.2) is 9.55 Å². The number of hydrogen-bond acceptors (Lipinski definition) is 1. The minimum absolute atomic E-state index is 1.05. The van der Waals surface area contributed by atoms with Gasteiger partial charge in [-0.2, -0.15) is 0 Å². The van der Waals surface area contributed by atoms with E-state index in [1.807, 2.05) is 6.33 Å². The second-order valence-electron chi connectivity index (χ2n) is 4.63. The van der Waals surface area contributed by atoms with E-state index in [2.05, 4.69) is 65.9 Å². The smallest absolute Gasteiger partial charge is 0.100 e. The summed E-state index contributed by atoms with van der Waals surface area (Å²) in [6, 6.07) is 15.0. The molecule has 18 heavy (non-hydrogen) atoms. The van der Waals surface area contributed by atoms with Gasteiger partial charge in [0.25, 0.3) is 0 Å². The van der Waals surface area contributed by atoms with Crippen molar-refractivity contribution in [1.29, 1.82) is 0 Å². The minimum atomic E-state index is 1.05. The predicted molar refractivity (Wildman–Crippen MR) is 75.2 cm³/mol. The van der Waals surface area contributed by atoms with Gasteiger partial charge in [-0.1, -0.05) is 25.1 Å². The Morgan fingerprint density at radius 3 is 2.78 bits per heavy atom. The number of rotatable bonds is 2. The molecule has 0 spiro atoms. The summed E-state index contributed by atoms with van der Waals surface area (Å²) in [5.74, 6) is 0. The zero-order valence-electron chi connectivity index (χ0n) is 10.7. The topological polar surface area (TPSA) is 17.8 Å². The van der Waals surface area contributed by atoms with Gasteiger partial charge in [0.15, 0.2) is 0 Å². The van der Waals surface area contributed by atoms with Crippen LogP contribution in [0.5, 0.6) is 0 Å². The van der Waals surface area contributed by atoms with E-state index in [4.69, 9.17) is 0 Å². The van der Waals surface area contributed by atoms with E-state index in [1.165, 1.54) is 16.8 Å². The SMILES string of the molecule is CCc1ccc2c(c1)ncn2-c1cccc(C)c1. The largest absolute Gasteiger partial charge is 0.299 e. The third kappa shape index (κ3) is 1.80. The second-order valence-corrected chi connectivity index (χ2v) is 4.63. The quantitative estimate of drug-likeness (QED) is 0.660. The fraction of sp³-hybridized carbons (Fsp3) is 0.188. The molecule has 0 saturated carbocycles. The maximum Gasteiger partial charge on any atom is 0.100 e. The molecule has 0 aliphatic carbocycles. The van der Waals surface area contributed by atoms with Gasteiger partial charge in [0.05, 0.1) is 11.0 Å². The molecule has 2 nitrogen and oxygen atoms in total. The summed E-state index contributed by atoms with van der Waals surface area (Å²) < 4.78 is 2.14. The molecule has 0 unspecified atom stereocenters. The maximum atomic E-state index is 4.50. The van der Waals surface area contributed by atoms with Crippen molar-refractivity contribution < 1.29 is 0 Å². The van der Waals surface area contributed by atoms with Crippen LogP contribution in [-0.2, 0) is 6.42 Å². The number of hydrogen-bond donors (Lipinski definition) is 0. The predicted octanol–water partition coefficient (Wildman–Crippen LogP) is 3.90. The first-order valence-corrected chi connectivity index (χ1v) is 6.31. The number of imidazole rings is 1. The van der Waals surface area contributed by atoms with Crippen molar-refractivity contribution in [2.24, 2.45) is 0 Å². The van der Waals surface area contributed by atoms with E-state index in [-0.39, 0.29) is 0 Å². The molecule has 0 bridgehead atoms. The molecule has 0 N–H and O–H groups in total. The Bertz CT molecular complexity index is 695. The third-order valence-corrected chi connectivity index (χ3v) is 3.30. The van der Waals surface area contributed by atoms with E-state index in [9.17, 15) is 0 Å². The van der Waals surface area contributed by atoms with Crippen LogP contribution in [0.15, 0.2) is 48.8 Å². The van der Waals surface area contributed by atoms with Crippen molar-refractivity contribution in [2.75, 3.05) is 0 Å². The van der Waals surface area contributed by atoms with Crippen molar-refractivity contribution in [1.82, 2.24) is 9.55 Å². The number of aryl methyl sites for hydroxylation is 2. The lowest BCUT2D eigenvalue weighted by Crippen LogP contribution is -1.92. The van der Waals surface area contributed by atoms with E-state index in [0.717, 1.165) is 17.5 Å². The summed E-state index contributed by atoms with van der Waals surface area (Å²) in [5.41, 5.74) is 5.99. The zero-order valence-corrected chi connectivity index (χ0v) is 10.7. The summed E-state index contributed by atoms with van der Waals surface area (Å²) in [4.78, 5) is 4.50. The molecule has 0 fully saturated rings. The van der Waals surface area contributed by atoms with Gasteiger partial charge in [0.1, 0.15) is 6.33 Å². The molecule has 3 rings (SSSR count). The maximum absolute atomic E-state index is 4.50. The molecule has 0 aliphatic heterocycles. The van der Waals surface area contributed by atoms with Crippen LogP contribution in [0, 0.1) is 6.92 Å². The standard InChI is InChI=1S/C16H16N2/c1-3-13-7-8-16-15(10-13)17-11-18(16)14-6-4-5-12(2)9-14/h4-11H,3H2,1-2H3. The van der Waals surface area contributed by atoms with E-state index in [0.29, 0.717) is 0 Å². The van der Waals surface area contributed by atoms with Crippen molar-refractivity contribution in [2.45, 2.75) is 20.3 Å². The van der Waals surface area contributed by atoms with E-state index >= 15 is 0 Å². The summed E-state index contributed by atoms with van der Waals surface area (Å²) in [5, 5.41) is 0. The molecular formula is C16H16N2. The number of nitrogens with zero attached hydrogens (tertiary/aromatic N) is 2. The molecule has 1 heterocycles. The van der Waals surface area contributed by atoms with Crippen LogP contribution in [0.3, 0.4) is 0 Å². The monoisotopic (exact) mass is 236 g/mol. The summed E-state index contributed by atoms with van der Waals surface area (Å²) in [7, 11) is 0. The highest BCUT2D eigenvalue weighted by molar-refractivity contribution is 5.78. The van der Waals surface area contributed by atoms with Gasteiger partial charge >= 0.3 is 0 Å². The fourth-order valence-corrected chi connectivity index (χ4v) is 2.26. The molecule has 0 aliphatic rings.